The molecular weight excluding hydrogens is 395 g/mol. The molecule has 0 radical (unpaired) electrons. The summed E-state index contributed by atoms with van der Waals surface area (Å²) in [6, 6.07) is 18.2. The molecule has 1 amide bonds. The molecule has 2 aromatic heterocycles. The minimum Gasteiger partial charge on any atom is -0.340 e. The fraction of sp³-hybridized carbons (Fsp3) is 0.0435. The van der Waals surface area contributed by atoms with Gasteiger partial charge in [-0.15, -0.1) is 0 Å². The van der Waals surface area contributed by atoms with E-state index in [1.54, 1.807) is 24.4 Å². The maximum absolute atomic E-state index is 13.0. The largest absolute Gasteiger partial charge is 0.340 e. The third-order valence-corrected chi connectivity index (χ3v) is 4.36. The number of aryl methyl sites for hydroxylation is 1. The van der Waals surface area contributed by atoms with E-state index in [4.69, 9.17) is 0 Å². The number of anilines is 5. The van der Waals surface area contributed by atoms with E-state index >= 15 is 0 Å². The molecule has 0 bridgehead atoms. The Morgan fingerprint density at radius 2 is 1.42 bits per heavy atom. The molecule has 0 aliphatic heterocycles. The normalized spacial score (nSPS) is 10.4. The molecule has 0 aliphatic rings. The summed E-state index contributed by atoms with van der Waals surface area (Å²) in [5, 5.41) is 9.12. The summed E-state index contributed by atoms with van der Waals surface area (Å²) in [6.45, 7) is 1.99. The Balaban J connectivity index is 1.39. The topological polar surface area (TPSA) is 91.8 Å². The summed E-state index contributed by atoms with van der Waals surface area (Å²) >= 11 is 0. The molecule has 0 saturated carbocycles. The van der Waals surface area contributed by atoms with Crippen molar-refractivity contribution in [2.45, 2.75) is 6.92 Å². The van der Waals surface area contributed by atoms with Gasteiger partial charge in [-0.2, -0.15) is 0 Å². The Hall–Kier alpha value is -4.33. The number of halogens is 1. The van der Waals surface area contributed by atoms with E-state index in [0.717, 1.165) is 11.3 Å². The molecule has 31 heavy (non-hydrogen) atoms. The van der Waals surface area contributed by atoms with Gasteiger partial charge in [0.15, 0.2) is 0 Å². The van der Waals surface area contributed by atoms with Crippen molar-refractivity contribution in [3.63, 3.8) is 0 Å². The highest BCUT2D eigenvalue weighted by Gasteiger charge is 2.07. The quantitative estimate of drug-likeness (QED) is 0.409. The standard InChI is InChI=1S/C23H19FN6O/c1-15-10-11-25-20(12-15)30-22-13-21(26-14-27-22)28-18-6-8-19(9-7-18)29-23(31)16-2-4-17(24)5-3-16/h2-14H,1H3,(H,29,31)(H2,25,26,27,28,30). The maximum atomic E-state index is 13.0. The highest BCUT2D eigenvalue weighted by molar-refractivity contribution is 6.04. The molecule has 0 fully saturated rings. The van der Waals surface area contributed by atoms with Crippen molar-refractivity contribution in [3.05, 3.63) is 96.2 Å². The van der Waals surface area contributed by atoms with Crippen molar-refractivity contribution in [1.29, 1.82) is 0 Å². The molecule has 7 nitrogen and oxygen atoms in total. The first-order chi connectivity index (χ1) is 15.0. The van der Waals surface area contributed by atoms with Gasteiger partial charge in [0.05, 0.1) is 0 Å². The molecule has 0 aliphatic carbocycles. The number of rotatable bonds is 6. The zero-order valence-corrected chi connectivity index (χ0v) is 16.6. The maximum Gasteiger partial charge on any atom is 0.255 e. The molecule has 0 spiro atoms. The molecule has 3 N–H and O–H groups in total. The third-order valence-electron chi connectivity index (χ3n) is 4.36. The number of hydrogen-bond donors (Lipinski definition) is 3. The number of carbonyl (C=O) groups is 1. The second-order valence-electron chi connectivity index (χ2n) is 6.80. The van der Waals surface area contributed by atoms with Gasteiger partial charge >= 0.3 is 0 Å². The number of aromatic nitrogens is 3. The van der Waals surface area contributed by atoms with Gasteiger partial charge in [0.25, 0.3) is 5.91 Å². The lowest BCUT2D eigenvalue weighted by Gasteiger charge is -2.10. The number of hydrogen-bond acceptors (Lipinski definition) is 6. The highest BCUT2D eigenvalue weighted by Crippen LogP contribution is 2.20. The monoisotopic (exact) mass is 414 g/mol. The zero-order valence-electron chi connectivity index (χ0n) is 16.6. The number of nitrogens with one attached hydrogen (secondary N) is 3. The lowest BCUT2D eigenvalue weighted by atomic mass is 10.2. The summed E-state index contributed by atoms with van der Waals surface area (Å²) < 4.78 is 13.0. The highest BCUT2D eigenvalue weighted by atomic mass is 19.1. The first-order valence-electron chi connectivity index (χ1n) is 9.51. The number of benzene rings is 2. The van der Waals surface area contributed by atoms with Gasteiger partial charge in [0.2, 0.25) is 0 Å². The molecular formula is C23H19FN6O. The average molecular weight is 414 g/mol. The number of carbonyl (C=O) groups excluding carboxylic acids is 1. The van der Waals surface area contributed by atoms with Crippen LogP contribution in [0.4, 0.5) is 33.2 Å². The van der Waals surface area contributed by atoms with Crippen LogP contribution in [0.25, 0.3) is 0 Å². The van der Waals surface area contributed by atoms with Crippen molar-refractivity contribution in [3.8, 4) is 0 Å². The number of amides is 1. The summed E-state index contributed by atoms with van der Waals surface area (Å²) in [6.07, 6.45) is 3.19. The first-order valence-corrected chi connectivity index (χ1v) is 9.51. The Kier molecular flexibility index (Phi) is 5.79. The van der Waals surface area contributed by atoms with Crippen molar-refractivity contribution < 1.29 is 9.18 Å². The smallest absolute Gasteiger partial charge is 0.255 e. The predicted octanol–water partition coefficient (Wildman–Crippen LogP) is 5.06. The van der Waals surface area contributed by atoms with Gasteiger partial charge in [0.1, 0.15) is 29.6 Å². The van der Waals surface area contributed by atoms with Crippen molar-refractivity contribution >= 4 is 34.7 Å². The Morgan fingerprint density at radius 1 is 0.774 bits per heavy atom. The van der Waals surface area contributed by atoms with Gasteiger partial charge in [-0.25, -0.2) is 19.3 Å². The molecule has 0 unspecified atom stereocenters. The van der Waals surface area contributed by atoms with Crippen molar-refractivity contribution in [2.24, 2.45) is 0 Å². The zero-order chi connectivity index (χ0) is 21.6. The average Bonchev–Trinajstić information content (AvgIpc) is 2.76. The minimum absolute atomic E-state index is 0.308. The van der Waals surface area contributed by atoms with Crippen LogP contribution in [-0.2, 0) is 0 Å². The van der Waals surface area contributed by atoms with Gasteiger partial charge in [-0.3, -0.25) is 4.79 Å². The summed E-state index contributed by atoms with van der Waals surface area (Å²) in [5.41, 5.74) is 2.89. The Morgan fingerprint density at radius 3 is 2.13 bits per heavy atom. The van der Waals surface area contributed by atoms with Crippen LogP contribution in [0.3, 0.4) is 0 Å². The lowest BCUT2D eigenvalue weighted by molar-refractivity contribution is 0.102. The molecule has 4 aromatic rings. The predicted molar refractivity (Wildman–Crippen MR) is 118 cm³/mol. The van der Waals surface area contributed by atoms with Crippen LogP contribution < -0.4 is 16.0 Å². The van der Waals surface area contributed by atoms with Crippen molar-refractivity contribution in [1.82, 2.24) is 15.0 Å². The van der Waals surface area contributed by atoms with Crippen LogP contribution in [0.15, 0.2) is 79.3 Å². The third kappa shape index (κ3) is 5.39. The molecule has 154 valence electrons. The molecule has 8 heteroatoms. The van der Waals surface area contributed by atoms with Gasteiger partial charge in [0, 0.05) is 29.2 Å². The van der Waals surface area contributed by atoms with Crippen LogP contribution in [0.5, 0.6) is 0 Å². The molecule has 0 atom stereocenters. The van der Waals surface area contributed by atoms with Crippen LogP contribution >= 0.6 is 0 Å². The van der Waals surface area contributed by atoms with Gasteiger partial charge in [-0.1, -0.05) is 0 Å². The van der Waals surface area contributed by atoms with E-state index in [2.05, 4.69) is 30.9 Å². The summed E-state index contributed by atoms with van der Waals surface area (Å²) in [7, 11) is 0. The second-order valence-corrected chi connectivity index (χ2v) is 6.80. The molecule has 4 rings (SSSR count). The Labute approximate surface area is 178 Å². The van der Waals surface area contributed by atoms with E-state index in [0.29, 0.717) is 28.7 Å². The van der Waals surface area contributed by atoms with E-state index < -0.39 is 0 Å². The minimum atomic E-state index is -0.384. The van der Waals surface area contributed by atoms with Crippen LogP contribution in [0.1, 0.15) is 15.9 Å². The fourth-order valence-electron chi connectivity index (χ4n) is 2.82. The molecule has 2 heterocycles. The van der Waals surface area contributed by atoms with Gasteiger partial charge in [-0.05, 0) is 73.2 Å². The van der Waals surface area contributed by atoms with Crippen LogP contribution in [0.2, 0.25) is 0 Å². The number of nitrogens with zero attached hydrogens (tertiary/aromatic N) is 3. The molecule has 0 saturated heterocycles. The van der Waals surface area contributed by atoms with Crippen LogP contribution in [0, 0.1) is 12.7 Å². The summed E-state index contributed by atoms with van der Waals surface area (Å²) in [5.74, 6) is 1.22. The van der Waals surface area contributed by atoms with E-state index in [1.807, 2.05) is 31.2 Å². The SMILES string of the molecule is Cc1ccnc(Nc2cc(Nc3ccc(NC(=O)c4ccc(F)cc4)cc3)ncn2)c1. The molecule has 2 aromatic carbocycles. The number of pyridine rings is 1. The lowest BCUT2D eigenvalue weighted by Crippen LogP contribution is -2.11. The Bertz CT molecular complexity index is 1200. The summed E-state index contributed by atoms with van der Waals surface area (Å²) in [4.78, 5) is 24.9. The first kappa shape index (κ1) is 20.0. The van der Waals surface area contributed by atoms with E-state index in [-0.39, 0.29) is 11.7 Å². The fourth-order valence-corrected chi connectivity index (χ4v) is 2.82. The van der Waals surface area contributed by atoms with Gasteiger partial charge < -0.3 is 16.0 Å². The van der Waals surface area contributed by atoms with E-state index in [1.165, 1.54) is 30.6 Å². The van der Waals surface area contributed by atoms with Crippen molar-refractivity contribution in [2.75, 3.05) is 16.0 Å². The second kappa shape index (κ2) is 9.00. The van der Waals surface area contributed by atoms with E-state index in [9.17, 15) is 9.18 Å². The van der Waals surface area contributed by atoms with Crippen LogP contribution in [-0.4, -0.2) is 20.9 Å².